The van der Waals surface area contributed by atoms with Crippen LogP contribution in [0.4, 0.5) is 17.1 Å². The molecular weight excluding hydrogens is 372 g/mol. The average Bonchev–Trinajstić information content (AvgIpc) is 3.14. The predicted octanol–water partition coefficient (Wildman–Crippen LogP) is 3.92. The standard InChI is InChI=1S/C18H17ClN4O4/c19-13-3-1-12(2-4-13)17-10-22-18(27-17)11-21-16-9-14(23(25)26)5-6-15(16)20-7-8-24/h1-6,9-10,20-21,24H,7-8,11H2. The molecule has 0 amide bonds. The maximum atomic E-state index is 11.0. The zero-order valence-electron chi connectivity index (χ0n) is 14.2. The van der Waals surface area contributed by atoms with E-state index in [2.05, 4.69) is 15.6 Å². The number of aliphatic hydroxyl groups excluding tert-OH is 1. The van der Waals surface area contributed by atoms with Crippen molar-refractivity contribution in [2.75, 3.05) is 23.8 Å². The lowest BCUT2D eigenvalue weighted by atomic mass is 10.2. The van der Waals surface area contributed by atoms with Crippen molar-refractivity contribution >= 4 is 28.7 Å². The largest absolute Gasteiger partial charge is 0.439 e. The summed E-state index contributed by atoms with van der Waals surface area (Å²) in [5.41, 5.74) is 1.96. The van der Waals surface area contributed by atoms with E-state index in [1.54, 1.807) is 24.4 Å². The Labute approximate surface area is 160 Å². The van der Waals surface area contributed by atoms with Crippen molar-refractivity contribution in [2.24, 2.45) is 0 Å². The highest BCUT2D eigenvalue weighted by Gasteiger charge is 2.12. The number of anilines is 2. The third-order valence-electron chi connectivity index (χ3n) is 3.75. The van der Waals surface area contributed by atoms with Gasteiger partial charge in [0, 0.05) is 29.3 Å². The molecule has 0 saturated heterocycles. The van der Waals surface area contributed by atoms with Gasteiger partial charge >= 0.3 is 0 Å². The molecule has 3 aromatic rings. The highest BCUT2D eigenvalue weighted by atomic mass is 35.5. The van der Waals surface area contributed by atoms with E-state index in [4.69, 9.17) is 21.1 Å². The maximum absolute atomic E-state index is 11.0. The second-order valence-electron chi connectivity index (χ2n) is 5.62. The fourth-order valence-electron chi connectivity index (χ4n) is 2.45. The monoisotopic (exact) mass is 388 g/mol. The minimum absolute atomic E-state index is 0.0405. The Bertz CT molecular complexity index is 927. The number of aromatic nitrogens is 1. The molecule has 0 atom stereocenters. The molecule has 3 N–H and O–H groups in total. The van der Waals surface area contributed by atoms with Crippen LogP contribution in [0.5, 0.6) is 0 Å². The highest BCUT2D eigenvalue weighted by molar-refractivity contribution is 6.30. The van der Waals surface area contributed by atoms with Gasteiger partial charge in [0.1, 0.15) is 0 Å². The van der Waals surface area contributed by atoms with E-state index in [1.165, 1.54) is 12.1 Å². The number of rotatable bonds is 8. The summed E-state index contributed by atoms with van der Waals surface area (Å²) in [5, 5.41) is 26.7. The molecule has 0 unspecified atom stereocenters. The van der Waals surface area contributed by atoms with Crippen LogP contribution in [0.1, 0.15) is 5.89 Å². The number of nitrogens with one attached hydrogen (secondary N) is 2. The lowest BCUT2D eigenvalue weighted by molar-refractivity contribution is -0.384. The number of halogens is 1. The lowest BCUT2D eigenvalue weighted by Gasteiger charge is -2.12. The average molecular weight is 389 g/mol. The first kappa shape index (κ1) is 18.7. The third-order valence-corrected chi connectivity index (χ3v) is 4.01. The zero-order chi connectivity index (χ0) is 19.2. The summed E-state index contributed by atoms with van der Waals surface area (Å²) in [5.74, 6) is 1.03. The van der Waals surface area contributed by atoms with Crippen LogP contribution in [-0.2, 0) is 6.54 Å². The van der Waals surface area contributed by atoms with Crippen LogP contribution < -0.4 is 10.6 Å². The van der Waals surface area contributed by atoms with Gasteiger partial charge in [-0.2, -0.15) is 0 Å². The number of oxazole rings is 1. The van der Waals surface area contributed by atoms with Crippen LogP contribution in [0.2, 0.25) is 5.02 Å². The summed E-state index contributed by atoms with van der Waals surface area (Å²) < 4.78 is 5.72. The van der Waals surface area contributed by atoms with Gasteiger partial charge in [-0.25, -0.2) is 4.98 Å². The molecule has 1 heterocycles. The molecule has 0 aliphatic carbocycles. The van der Waals surface area contributed by atoms with Gasteiger partial charge in [-0.3, -0.25) is 10.1 Å². The second kappa shape index (κ2) is 8.52. The summed E-state index contributed by atoms with van der Waals surface area (Å²) in [6.45, 7) is 0.509. The van der Waals surface area contributed by atoms with Crippen LogP contribution in [0.15, 0.2) is 53.1 Å². The Morgan fingerprint density at radius 3 is 2.63 bits per heavy atom. The van der Waals surface area contributed by atoms with Crippen molar-refractivity contribution in [3.8, 4) is 11.3 Å². The summed E-state index contributed by atoms with van der Waals surface area (Å²) in [7, 11) is 0. The molecule has 0 bridgehead atoms. The van der Waals surface area contributed by atoms with Crippen LogP contribution >= 0.6 is 11.6 Å². The SMILES string of the molecule is O=[N+]([O-])c1ccc(NCCO)c(NCc2ncc(-c3ccc(Cl)cc3)o2)c1. The lowest BCUT2D eigenvalue weighted by Crippen LogP contribution is -2.09. The van der Waals surface area contributed by atoms with Crippen LogP contribution in [0.3, 0.4) is 0 Å². The van der Waals surface area contributed by atoms with Crippen LogP contribution in [0.25, 0.3) is 11.3 Å². The third kappa shape index (κ3) is 4.75. The van der Waals surface area contributed by atoms with Crippen LogP contribution in [-0.4, -0.2) is 28.2 Å². The van der Waals surface area contributed by atoms with Gasteiger partial charge in [0.2, 0.25) is 5.89 Å². The molecular formula is C18H17ClN4O4. The predicted molar refractivity (Wildman–Crippen MR) is 103 cm³/mol. The number of hydrogen-bond acceptors (Lipinski definition) is 7. The minimum Gasteiger partial charge on any atom is -0.439 e. The number of non-ortho nitro benzene ring substituents is 1. The summed E-state index contributed by atoms with van der Waals surface area (Å²) >= 11 is 5.88. The first-order valence-corrected chi connectivity index (χ1v) is 8.52. The Morgan fingerprint density at radius 2 is 1.93 bits per heavy atom. The van der Waals surface area contributed by atoms with Crippen LogP contribution in [0, 0.1) is 10.1 Å². The van der Waals surface area contributed by atoms with E-state index in [0.29, 0.717) is 34.6 Å². The van der Waals surface area contributed by atoms with Crippen molar-refractivity contribution in [3.63, 3.8) is 0 Å². The minimum atomic E-state index is -0.467. The van der Waals surface area contributed by atoms with Crippen molar-refractivity contribution in [1.29, 1.82) is 0 Å². The molecule has 8 nitrogen and oxygen atoms in total. The number of nitro benzene ring substituents is 1. The molecule has 0 radical (unpaired) electrons. The summed E-state index contributed by atoms with van der Waals surface area (Å²) in [6, 6.07) is 11.6. The molecule has 9 heteroatoms. The molecule has 0 spiro atoms. The molecule has 0 aliphatic rings. The summed E-state index contributed by atoms with van der Waals surface area (Å²) in [6.07, 6.45) is 1.61. The van der Waals surface area contributed by atoms with Gasteiger partial charge in [-0.1, -0.05) is 11.6 Å². The Morgan fingerprint density at radius 1 is 1.15 bits per heavy atom. The van der Waals surface area contributed by atoms with E-state index in [-0.39, 0.29) is 18.8 Å². The zero-order valence-corrected chi connectivity index (χ0v) is 14.9. The van der Waals surface area contributed by atoms with Crippen molar-refractivity contribution < 1.29 is 14.4 Å². The van der Waals surface area contributed by atoms with Gasteiger partial charge in [0.25, 0.3) is 5.69 Å². The Kier molecular flexibility index (Phi) is 5.90. The van der Waals surface area contributed by atoms with Gasteiger partial charge in [-0.05, 0) is 30.3 Å². The Hall–Kier alpha value is -3.10. The van der Waals surface area contributed by atoms with Crippen molar-refractivity contribution in [3.05, 3.63) is 69.7 Å². The molecule has 27 heavy (non-hydrogen) atoms. The number of hydrogen-bond donors (Lipinski definition) is 3. The first-order chi connectivity index (χ1) is 13.1. The smallest absolute Gasteiger partial charge is 0.271 e. The molecule has 0 aliphatic heterocycles. The second-order valence-corrected chi connectivity index (χ2v) is 6.05. The number of aliphatic hydroxyl groups is 1. The topological polar surface area (TPSA) is 113 Å². The van der Waals surface area contributed by atoms with Gasteiger partial charge in [0.05, 0.1) is 35.6 Å². The molecule has 140 valence electrons. The van der Waals surface area contributed by atoms with Gasteiger partial charge in [-0.15, -0.1) is 0 Å². The molecule has 0 saturated carbocycles. The van der Waals surface area contributed by atoms with E-state index in [1.807, 2.05) is 12.1 Å². The number of nitro groups is 1. The van der Waals surface area contributed by atoms with Gasteiger partial charge < -0.3 is 20.2 Å². The molecule has 1 aromatic heterocycles. The highest BCUT2D eigenvalue weighted by Crippen LogP contribution is 2.28. The summed E-state index contributed by atoms with van der Waals surface area (Å²) in [4.78, 5) is 14.8. The van der Waals surface area contributed by atoms with Gasteiger partial charge in [0.15, 0.2) is 5.76 Å². The molecule has 3 rings (SSSR count). The van der Waals surface area contributed by atoms with E-state index < -0.39 is 4.92 Å². The van der Waals surface area contributed by atoms with Crippen molar-refractivity contribution in [2.45, 2.75) is 6.54 Å². The quantitative estimate of drug-likeness (QED) is 0.396. The Balaban J connectivity index is 1.74. The van der Waals surface area contributed by atoms with E-state index in [0.717, 1.165) is 5.56 Å². The number of nitrogens with zero attached hydrogens (tertiary/aromatic N) is 2. The molecule has 0 fully saturated rings. The van der Waals surface area contributed by atoms with E-state index in [9.17, 15) is 10.1 Å². The normalized spacial score (nSPS) is 10.6. The molecule has 2 aromatic carbocycles. The van der Waals surface area contributed by atoms with Crippen molar-refractivity contribution in [1.82, 2.24) is 4.98 Å². The number of benzene rings is 2. The fourth-order valence-corrected chi connectivity index (χ4v) is 2.57. The fraction of sp³-hybridized carbons (Fsp3) is 0.167. The first-order valence-electron chi connectivity index (χ1n) is 8.14. The van der Waals surface area contributed by atoms with E-state index >= 15 is 0 Å². The maximum Gasteiger partial charge on any atom is 0.271 e.